The van der Waals surface area contributed by atoms with Gasteiger partial charge in [0.1, 0.15) is 23.9 Å². The Morgan fingerprint density at radius 3 is 2.56 bits per heavy atom. The van der Waals surface area contributed by atoms with Crippen LogP contribution in [0.3, 0.4) is 0 Å². The van der Waals surface area contributed by atoms with Gasteiger partial charge in [0.15, 0.2) is 5.65 Å². The van der Waals surface area contributed by atoms with Crippen molar-refractivity contribution >= 4 is 53.7 Å². The van der Waals surface area contributed by atoms with Gasteiger partial charge in [-0.2, -0.15) is 0 Å². The van der Waals surface area contributed by atoms with E-state index in [1.165, 1.54) is 4.57 Å². The Bertz CT molecular complexity index is 1770. The number of hydrogen-bond donors (Lipinski definition) is 2. The van der Waals surface area contributed by atoms with Crippen LogP contribution in [0.5, 0.6) is 0 Å². The van der Waals surface area contributed by atoms with Gasteiger partial charge in [-0.15, -0.1) is 0 Å². The number of nitrogens with one attached hydrogen (secondary N) is 1. The Balaban J connectivity index is 1.41. The zero-order chi connectivity index (χ0) is 30.6. The zero-order valence-corrected chi connectivity index (χ0v) is 27.0. The summed E-state index contributed by atoms with van der Waals surface area (Å²) in [5, 5.41) is 12.6. The molecule has 0 saturated carbocycles. The minimum absolute atomic E-state index is 0.0563. The molecular weight excluding hydrogens is 586 g/mol. The van der Waals surface area contributed by atoms with Crippen molar-refractivity contribution in [3.63, 3.8) is 0 Å². The van der Waals surface area contributed by atoms with Gasteiger partial charge in [0, 0.05) is 57.2 Å². The molecule has 2 saturated heterocycles. The molecule has 2 bridgehead atoms. The Kier molecular flexibility index (Phi) is 7.72. The number of halogens is 1. The molecule has 2 aliphatic heterocycles. The molecule has 3 aromatic heterocycles. The Morgan fingerprint density at radius 1 is 1.16 bits per heavy atom. The summed E-state index contributed by atoms with van der Waals surface area (Å²) in [6.45, 7) is 9.73. The summed E-state index contributed by atoms with van der Waals surface area (Å²) in [5.74, 6) is 1.39. The molecule has 2 aliphatic rings. The van der Waals surface area contributed by atoms with Crippen LogP contribution in [0.1, 0.15) is 31.5 Å². The lowest BCUT2D eigenvalue weighted by atomic mass is 9.97. The summed E-state index contributed by atoms with van der Waals surface area (Å²) >= 11 is 6.95. The first-order chi connectivity index (χ1) is 20.4. The lowest BCUT2D eigenvalue weighted by Crippen LogP contribution is -2.50. The molecule has 11 nitrogen and oxygen atoms in total. The molecule has 2 unspecified atom stereocenters. The van der Waals surface area contributed by atoms with Gasteiger partial charge in [0.05, 0.1) is 22.1 Å². The molecule has 0 aliphatic carbocycles. The molecule has 4 aromatic rings. The summed E-state index contributed by atoms with van der Waals surface area (Å²) in [5.41, 5.74) is 3.16. The number of rotatable bonds is 8. The van der Waals surface area contributed by atoms with E-state index in [2.05, 4.69) is 34.8 Å². The summed E-state index contributed by atoms with van der Waals surface area (Å²) < 4.78 is 9.62. The van der Waals surface area contributed by atoms with E-state index in [0.717, 1.165) is 43.1 Å². The molecule has 0 radical (unpaired) electrons. The highest BCUT2D eigenvalue weighted by molar-refractivity contribution is 6.76. The second kappa shape index (κ2) is 11.2. The molecule has 0 spiro atoms. The number of hydrogen-bond acceptors (Lipinski definition) is 7. The largest absolute Gasteiger partial charge is 0.465 e. The van der Waals surface area contributed by atoms with Crippen LogP contribution in [0.4, 0.5) is 10.6 Å². The smallest absolute Gasteiger partial charge is 0.404 e. The van der Waals surface area contributed by atoms with Gasteiger partial charge >= 0.3 is 6.09 Å². The second-order valence-electron chi connectivity index (χ2n) is 13.0. The van der Waals surface area contributed by atoms with Crippen molar-refractivity contribution in [1.29, 1.82) is 0 Å². The number of aryl methyl sites for hydroxylation is 1. The van der Waals surface area contributed by atoms with Crippen LogP contribution in [0.2, 0.25) is 30.7 Å². The SMILES string of the molecule is Cc1nc2ccc(-c3cn(COCC[Si](C)(C)C)c4nc(N5C6CCC5CC(NC(=O)O)C6)cnc34)c(Cl)c2c(=O)n1C. The lowest BCUT2D eigenvalue weighted by molar-refractivity contribution is 0.0899. The van der Waals surface area contributed by atoms with Gasteiger partial charge in [0.25, 0.3) is 5.56 Å². The lowest BCUT2D eigenvalue weighted by Gasteiger charge is -2.39. The molecule has 1 amide bonds. The van der Waals surface area contributed by atoms with Gasteiger partial charge < -0.3 is 24.6 Å². The minimum atomic E-state index is -1.27. The van der Waals surface area contributed by atoms with Crippen molar-refractivity contribution in [2.45, 2.75) is 83.1 Å². The topological polar surface area (TPSA) is 127 Å². The first-order valence-corrected chi connectivity index (χ1v) is 18.9. The normalized spacial score (nSPS) is 20.3. The molecule has 6 rings (SSSR count). The Labute approximate surface area is 255 Å². The quantitative estimate of drug-likeness (QED) is 0.198. The number of anilines is 1. The molecule has 43 heavy (non-hydrogen) atoms. The zero-order valence-electron chi connectivity index (χ0n) is 25.2. The fourth-order valence-corrected chi connectivity index (χ4v) is 7.58. The molecule has 1 aromatic carbocycles. The van der Waals surface area contributed by atoms with Crippen molar-refractivity contribution in [2.24, 2.45) is 7.05 Å². The van der Waals surface area contributed by atoms with Crippen LogP contribution in [0.25, 0.3) is 33.2 Å². The number of carboxylic acid groups (broad SMARTS) is 1. The number of amides is 1. The molecule has 5 heterocycles. The predicted octanol–water partition coefficient (Wildman–Crippen LogP) is 5.39. The summed E-state index contributed by atoms with van der Waals surface area (Å²) in [7, 11) is 0.426. The summed E-state index contributed by atoms with van der Waals surface area (Å²) in [4.78, 5) is 41.4. The van der Waals surface area contributed by atoms with Crippen LogP contribution >= 0.6 is 11.6 Å². The fourth-order valence-electron chi connectivity index (χ4n) is 6.48. The Hall–Kier alpha value is -3.48. The molecule has 2 atom stereocenters. The number of aromatic nitrogens is 5. The van der Waals surface area contributed by atoms with E-state index in [0.29, 0.717) is 51.8 Å². The number of ether oxygens (including phenoxy) is 1. The number of carbonyl (C=O) groups is 1. The first kappa shape index (κ1) is 29.6. The average molecular weight is 624 g/mol. The van der Waals surface area contributed by atoms with Crippen molar-refractivity contribution < 1.29 is 14.6 Å². The third-order valence-corrected chi connectivity index (χ3v) is 10.9. The number of fused-ring (bicyclic) bond motifs is 4. The molecular formula is C30H38ClN7O4Si. The van der Waals surface area contributed by atoms with E-state index < -0.39 is 14.2 Å². The van der Waals surface area contributed by atoms with Crippen molar-refractivity contribution in [1.82, 2.24) is 29.4 Å². The average Bonchev–Trinajstić information content (AvgIpc) is 3.42. The van der Waals surface area contributed by atoms with Crippen LogP contribution in [-0.4, -0.2) is 68.1 Å². The van der Waals surface area contributed by atoms with Crippen LogP contribution in [0.15, 0.2) is 29.3 Å². The Morgan fingerprint density at radius 2 is 1.88 bits per heavy atom. The van der Waals surface area contributed by atoms with Crippen molar-refractivity contribution in [2.75, 3.05) is 11.5 Å². The summed E-state index contributed by atoms with van der Waals surface area (Å²) in [6.07, 6.45) is 6.24. The number of nitrogens with zero attached hydrogens (tertiary/aromatic N) is 6. The monoisotopic (exact) mass is 623 g/mol. The molecule has 13 heteroatoms. The highest BCUT2D eigenvalue weighted by atomic mass is 35.5. The molecule has 228 valence electrons. The first-order valence-electron chi connectivity index (χ1n) is 14.8. The van der Waals surface area contributed by atoms with Gasteiger partial charge in [0.2, 0.25) is 0 Å². The highest BCUT2D eigenvalue weighted by Crippen LogP contribution is 2.41. The maximum Gasteiger partial charge on any atom is 0.404 e. The van der Waals surface area contributed by atoms with E-state index >= 15 is 0 Å². The van der Waals surface area contributed by atoms with E-state index in [4.69, 9.17) is 26.3 Å². The van der Waals surface area contributed by atoms with Crippen molar-refractivity contribution in [3.05, 3.63) is 45.7 Å². The molecule has 2 N–H and O–H groups in total. The predicted molar refractivity (Wildman–Crippen MR) is 171 cm³/mol. The number of piperidine rings is 1. The third kappa shape index (κ3) is 5.63. The van der Waals surface area contributed by atoms with Crippen molar-refractivity contribution in [3.8, 4) is 11.1 Å². The standard InChI is InChI=1S/C30H38ClN7O4Si/c1-17-33-23-9-8-21(26(31)25(23)29(39)36(17)2)22-15-37(16-42-10-11-43(3,4)5)28-27(22)32-14-24(35-28)38-19-6-7-20(38)13-18(12-19)34-30(40)41/h8-9,14-15,18-20,34H,6-7,10-13,16H2,1-5H3,(H,40,41). The van der Waals surface area contributed by atoms with E-state index in [1.54, 1.807) is 20.2 Å². The third-order valence-electron chi connectivity index (χ3n) is 8.80. The van der Waals surface area contributed by atoms with Crippen LogP contribution in [-0.2, 0) is 18.5 Å². The van der Waals surface area contributed by atoms with E-state index in [-0.39, 0.29) is 23.7 Å². The van der Waals surface area contributed by atoms with Gasteiger partial charge in [-0.05, 0) is 44.7 Å². The second-order valence-corrected chi connectivity index (χ2v) is 19.0. The maximum absolute atomic E-state index is 13.2. The van der Waals surface area contributed by atoms with E-state index in [9.17, 15) is 14.7 Å². The van der Waals surface area contributed by atoms with Gasteiger partial charge in [-0.25, -0.2) is 19.7 Å². The molecule has 2 fully saturated rings. The maximum atomic E-state index is 13.2. The van der Waals surface area contributed by atoms with Gasteiger partial charge in [-0.3, -0.25) is 9.36 Å². The van der Waals surface area contributed by atoms with Crippen LogP contribution < -0.4 is 15.8 Å². The van der Waals surface area contributed by atoms with Crippen LogP contribution in [0, 0.1) is 6.92 Å². The summed E-state index contributed by atoms with van der Waals surface area (Å²) in [6, 6.07) is 5.09. The fraction of sp³-hybridized carbons (Fsp3) is 0.500. The van der Waals surface area contributed by atoms with Gasteiger partial charge in [-0.1, -0.05) is 37.3 Å². The minimum Gasteiger partial charge on any atom is -0.465 e. The number of benzene rings is 1. The van der Waals surface area contributed by atoms with E-state index in [1.807, 2.05) is 22.9 Å². The highest BCUT2D eigenvalue weighted by Gasteiger charge is 2.42.